The minimum atomic E-state index is -0.632. The molecule has 20 heavy (non-hydrogen) atoms. The summed E-state index contributed by atoms with van der Waals surface area (Å²) in [6.07, 6.45) is 0. The molecule has 2 rings (SSSR count). The van der Waals surface area contributed by atoms with Gasteiger partial charge in [0.25, 0.3) is 5.91 Å². The molecule has 1 amide bonds. The van der Waals surface area contributed by atoms with Crippen molar-refractivity contribution >= 4 is 50.7 Å². The topological polar surface area (TPSA) is 78.3 Å². The van der Waals surface area contributed by atoms with Crippen molar-refractivity contribution in [3.05, 3.63) is 50.4 Å². The molecule has 4 N–H and O–H groups in total. The van der Waals surface area contributed by atoms with Gasteiger partial charge in [-0.15, -0.1) is 0 Å². The average molecular weight is 376 g/mol. The van der Waals surface area contributed by atoms with E-state index < -0.39 is 5.91 Å². The highest BCUT2D eigenvalue weighted by Crippen LogP contribution is 2.38. The van der Waals surface area contributed by atoms with Crippen molar-refractivity contribution in [2.45, 2.75) is 0 Å². The number of hydrogen-bond acceptors (Lipinski definition) is 3. The van der Waals surface area contributed by atoms with Crippen molar-refractivity contribution in [2.75, 3.05) is 5.73 Å². The molecule has 0 spiro atoms. The van der Waals surface area contributed by atoms with Crippen molar-refractivity contribution in [3.63, 3.8) is 0 Å². The van der Waals surface area contributed by atoms with Crippen LogP contribution in [0.4, 0.5) is 5.69 Å². The Morgan fingerprint density at radius 1 is 1.15 bits per heavy atom. The molecule has 0 saturated carbocycles. The normalized spacial score (nSPS) is 10.3. The molecule has 104 valence electrons. The van der Waals surface area contributed by atoms with Crippen LogP contribution in [0.25, 0.3) is 0 Å². The van der Waals surface area contributed by atoms with Gasteiger partial charge in [0, 0.05) is 10.5 Å². The molecule has 0 radical (unpaired) electrons. The Labute approximate surface area is 133 Å². The third-order valence-electron chi connectivity index (χ3n) is 2.53. The van der Waals surface area contributed by atoms with Crippen molar-refractivity contribution in [1.82, 2.24) is 0 Å². The predicted molar refractivity (Wildman–Crippen MR) is 83.6 cm³/mol. The lowest BCUT2D eigenvalue weighted by Crippen LogP contribution is -2.13. The lowest BCUT2D eigenvalue weighted by atomic mass is 10.1. The number of carbonyl (C=O) groups excluding carboxylic acids is 1. The molecule has 0 unspecified atom stereocenters. The first-order valence-electron chi connectivity index (χ1n) is 5.41. The first-order valence-corrected chi connectivity index (χ1v) is 6.95. The zero-order chi connectivity index (χ0) is 14.9. The Morgan fingerprint density at radius 3 is 2.50 bits per heavy atom. The third-order valence-corrected chi connectivity index (χ3v) is 4.02. The summed E-state index contributed by atoms with van der Waals surface area (Å²) in [5.74, 6) is -0.0253. The third kappa shape index (κ3) is 3.00. The van der Waals surface area contributed by atoms with Crippen molar-refractivity contribution in [3.8, 4) is 11.5 Å². The summed E-state index contributed by atoms with van der Waals surface area (Å²) in [4.78, 5) is 11.2. The van der Waals surface area contributed by atoms with Crippen LogP contribution in [0.5, 0.6) is 11.5 Å². The summed E-state index contributed by atoms with van der Waals surface area (Å²) in [5.41, 5.74) is 11.4. The fraction of sp³-hybridized carbons (Fsp3) is 0. The monoisotopic (exact) mass is 374 g/mol. The molecule has 0 aliphatic carbocycles. The van der Waals surface area contributed by atoms with Gasteiger partial charge in [-0.25, -0.2) is 0 Å². The van der Waals surface area contributed by atoms with E-state index in [-0.39, 0.29) is 17.0 Å². The van der Waals surface area contributed by atoms with Crippen molar-refractivity contribution in [1.29, 1.82) is 0 Å². The summed E-state index contributed by atoms with van der Waals surface area (Å²) >= 11 is 15.3. The van der Waals surface area contributed by atoms with Crippen LogP contribution < -0.4 is 16.2 Å². The fourth-order valence-electron chi connectivity index (χ4n) is 1.55. The van der Waals surface area contributed by atoms with E-state index in [2.05, 4.69) is 15.9 Å². The number of halogens is 3. The molecule has 0 bridgehead atoms. The Hall–Kier alpha value is -1.43. The Morgan fingerprint density at radius 2 is 1.85 bits per heavy atom. The zero-order valence-corrected chi connectivity index (χ0v) is 13.1. The SMILES string of the molecule is NC(=O)c1cccc(Oc2cc(Cl)c(Br)cc2Cl)c1N. The number of benzene rings is 2. The number of anilines is 1. The van der Waals surface area contributed by atoms with Crippen LogP contribution in [0.2, 0.25) is 10.0 Å². The standard InChI is InChI=1S/C13H9BrCl2N2O2/c14-7-4-9(16)11(5-8(7)15)20-10-3-1-2-6(12(10)17)13(18)19/h1-5H,17H2,(H2,18,19). The van der Waals surface area contributed by atoms with E-state index in [0.29, 0.717) is 20.3 Å². The first kappa shape index (κ1) is 15.0. The van der Waals surface area contributed by atoms with Gasteiger partial charge in [0.1, 0.15) is 5.75 Å². The molecule has 0 atom stereocenters. The smallest absolute Gasteiger partial charge is 0.250 e. The maximum Gasteiger partial charge on any atom is 0.250 e. The molecule has 0 fully saturated rings. The second kappa shape index (κ2) is 5.91. The van der Waals surface area contributed by atoms with Gasteiger partial charge < -0.3 is 16.2 Å². The quantitative estimate of drug-likeness (QED) is 0.622. The Balaban J connectivity index is 2.43. The highest BCUT2D eigenvalue weighted by atomic mass is 79.9. The van der Waals surface area contributed by atoms with Gasteiger partial charge in [0.05, 0.1) is 21.3 Å². The molecular formula is C13H9BrCl2N2O2. The van der Waals surface area contributed by atoms with E-state index >= 15 is 0 Å². The van der Waals surface area contributed by atoms with E-state index in [0.717, 1.165) is 0 Å². The highest BCUT2D eigenvalue weighted by molar-refractivity contribution is 9.10. The number of nitrogen functional groups attached to an aromatic ring is 1. The highest BCUT2D eigenvalue weighted by Gasteiger charge is 2.13. The number of ether oxygens (including phenoxy) is 1. The summed E-state index contributed by atoms with van der Waals surface area (Å²) in [7, 11) is 0. The second-order valence-corrected chi connectivity index (χ2v) is 5.55. The molecule has 0 saturated heterocycles. The summed E-state index contributed by atoms with van der Waals surface area (Å²) in [6.45, 7) is 0. The predicted octanol–water partition coefficient (Wildman–Crippen LogP) is 4.23. The molecule has 2 aromatic carbocycles. The number of amides is 1. The van der Waals surface area contributed by atoms with Gasteiger partial charge in [-0.3, -0.25) is 4.79 Å². The lowest BCUT2D eigenvalue weighted by molar-refractivity contribution is 0.100. The molecular weight excluding hydrogens is 367 g/mol. The number of carbonyl (C=O) groups is 1. The maximum atomic E-state index is 11.2. The largest absolute Gasteiger partial charge is 0.454 e. The molecule has 0 aromatic heterocycles. The minimum absolute atomic E-state index is 0.148. The van der Waals surface area contributed by atoms with Crippen LogP contribution in [0.15, 0.2) is 34.8 Å². The van der Waals surface area contributed by atoms with Gasteiger partial charge in [0.15, 0.2) is 5.75 Å². The Bertz CT molecular complexity index is 692. The van der Waals surface area contributed by atoms with Crippen LogP contribution >= 0.6 is 39.1 Å². The van der Waals surface area contributed by atoms with Crippen LogP contribution in [0.3, 0.4) is 0 Å². The zero-order valence-electron chi connectivity index (χ0n) is 9.99. The summed E-state index contributed by atoms with van der Waals surface area (Å²) in [5, 5.41) is 0.791. The molecule has 4 nitrogen and oxygen atoms in total. The second-order valence-electron chi connectivity index (χ2n) is 3.88. The van der Waals surface area contributed by atoms with E-state index in [1.165, 1.54) is 6.07 Å². The van der Waals surface area contributed by atoms with Gasteiger partial charge in [-0.2, -0.15) is 0 Å². The van der Waals surface area contributed by atoms with Crippen molar-refractivity contribution in [2.24, 2.45) is 5.73 Å². The summed E-state index contributed by atoms with van der Waals surface area (Å²) < 4.78 is 6.25. The maximum absolute atomic E-state index is 11.2. The summed E-state index contributed by atoms with van der Waals surface area (Å²) in [6, 6.07) is 7.88. The van der Waals surface area contributed by atoms with Crippen LogP contribution in [-0.2, 0) is 0 Å². The van der Waals surface area contributed by atoms with E-state index in [1.54, 1.807) is 24.3 Å². The number of rotatable bonds is 3. The molecule has 0 heterocycles. The van der Waals surface area contributed by atoms with E-state index in [1.807, 2.05) is 0 Å². The molecule has 7 heteroatoms. The Kier molecular flexibility index (Phi) is 4.42. The van der Waals surface area contributed by atoms with E-state index in [4.69, 9.17) is 39.4 Å². The van der Waals surface area contributed by atoms with Gasteiger partial charge in [0.2, 0.25) is 0 Å². The van der Waals surface area contributed by atoms with Crippen LogP contribution in [0, 0.1) is 0 Å². The number of primary amides is 1. The van der Waals surface area contributed by atoms with Gasteiger partial charge in [-0.1, -0.05) is 29.3 Å². The lowest BCUT2D eigenvalue weighted by Gasteiger charge is -2.12. The van der Waals surface area contributed by atoms with E-state index in [9.17, 15) is 4.79 Å². The molecule has 2 aromatic rings. The molecule has 0 aliphatic rings. The van der Waals surface area contributed by atoms with Gasteiger partial charge in [-0.05, 0) is 34.1 Å². The number of nitrogens with two attached hydrogens (primary N) is 2. The van der Waals surface area contributed by atoms with Crippen molar-refractivity contribution < 1.29 is 9.53 Å². The minimum Gasteiger partial charge on any atom is -0.454 e. The number of para-hydroxylation sites is 1. The molecule has 0 aliphatic heterocycles. The van der Waals surface area contributed by atoms with Crippen LogP contribution in [-0.4, -0.2) is 5.91 Å². The first-order chi connectivity index (χ1) is 9.40. The number of hydrogen-bond donors (Lipinski definition) is 2. The average Bonchev–Trinajstić information content (AvgIpc) is 2.37. The van der Waals surface area contributed by atoms with Crippen LogP contribution in [0.1, 0.15) is 10.4 Å². The van der Waals surface area contributed by atoms with Gasteiger partial charge >= 0.3 is 0 Å². The fourth-order valence-corrected chi connectivity index (χ4v) is 2.38.